The lowest BCUT2D eigenvalue weighted by Gasteiger charge is -2.30. The van der Waals surface area contributed by atoms with E-state index >= 15 is 0 Å². The number of nitrogens with zero attached hydrogens (tertiary/aromatic N) is 2. The molecule has 0 aliphatic rings. The van der Waals surface area contributed by atoms with Gasteiger partial charge >= 0.3 is 6.09 Å². The van der Waals surface area contributed by atoms with Crippen LogP contribution in [0.25, 0.3) is 22.4 Å². The Morgan fingerprint density at radius 3 is 2.40 bits per heavy atom. The summed E-state index contributed by atoms with van der Waals surface area (Å²) < 4.78 is 0. The van der Waals surface area contributed by atoms with Crippen LogP contribution in [0.5, 0.6) is 5.75 Å². The minimum atomic E-state index is -1.21. The first kappa shape index (κ1) is 29.8. The average molecular weight is 584 g/mol. The van der Waals surface area contributed by atoms with Gasteiger partial charge in [-0.15, -0.1) is 11.3 Å². The van der Waals surface area contributed by atoms with Crippen LogP contribution in [-0.2, 0) is 4.79 Å². The fourth-order valence-electron chi connectivity index (χ4n) is 4.27. The van der Waals surface area contributed by atoms with Gasteiger partial charge in [-0.05, 0) is 52.8 Å². The number of para-hydroxylation sites is 1. The second-order valence-corrected chi connectivity index (χ2v) is 11.5. The molecule has 1 unspecified atom stereocenters. The highest BCUT2D eigenvalue weighted by molar-refractivity contribution is 7.12. The summed E-state index contributed by atoms with van der Waals surface area (Å²) in [5.74, 6) is -0.830. The number of aromatic hydroxyl groups is 1. The van der Waals surface area contributed by atoms with Crippen LogP contribution in [0.2, 0.25) is 0 Å². The molecule has 10 nitrogen and oxygen atoms in total. The SMILES string of the molecule is CC(C)(C)C(CC(=O)Nc1cccc(-c2cc(-c3ccccc3O)nc(NC(=O)c3cccs3)c2C#N)c1)NC(=O)O. The highest BCUT2D eigenvalue weighted by atomic mass is 32.1. The molecule has 0 saturated heterocycles. The van der Waals surface area contributed by atoms with E-state index in [1.807, 2.05) is 20.8 Å². The van der Waals surface area contributed by atoms with Gasteiger partial charge in [0.1, 0.15) is 17.4 Å². The van der Waals surface area contributed by atoms with Gasteiger partial charge in [0.15, 0.2) is 5.82 Å². The number of amides is 3. The molecule has 0 bridgehead atoms. The van der Waals surface area contributed by atoms with E-state index in [1.165, 1.54) is 17.4 Å². The van der Waals surface area contributed by atoms with Crippen LogP contribution in [0, 0.1) is 16.7 Å². The Bertz CT molecular complexity index is 1670. The summed E-state index contributed by atoms with van der Waals surface area (Å²) in [5.41, 5.74) is 1.72. The molecule has 2 heterocycles. The van der Waals surface area contributed by atoms with Gasteiger partial charge in [0.2, 0.25) is 5.91 Å². The molecule has 1 atom stereocenters. The molecule has 3 amide bonds. The fraction of sp³-hybridized carbons (Fsp3) is 0.194. The molecule has 214 valence electrons. The average Bonchev–Trinajstić information content (AvgIpc) is 3.47. The lowest BCUT2D eigenvalue weighted by atomic mass is 9.84. The summed E-state index contributed by atoms with van der Waals surface area (Å²) in [6.45, 7) is 5.52. The van der Waals surface area contributed by atoms with E-state index in [0.717, 1.165) is 0 Å². The number of hydrogen-bond acceptors (Lipinski definition) is 7. The van der Waals surface area contributed by atoms with Gasteiger partial charge in [-0.3, -0.25) is 9.59 Å². The first-order chi connectivity index (χ1) is 20.0. The minimum absolute atomic E-state index is 0.0221. The Hall–Kier alpha value is -5.21. The predicted octanol–water partition coefficient (Wildman–Crippen LogP) is 6.32. The van der Waals surface area contributed by atoms with E-state index < -0.39 is 29.4 Å². The first-order valence-corrected chi connectivity index (χ1v) is 13.8. The minimum Gasteiger partial charge on any atom is -0.507 e. The molecule has 4 rings (SSSR count). The zero-order chi connectivity index (χ0) is 30.4. The second-order valence-electron chi connectivity index (χ2n) is 10.5. The van der Waals surface area contributed by atoms with Crippen LogP contribution in [0.1, 0.15) is 42.4 Å². The highest BCUT2D eigenvalue weighted by Gasteiger charge is 2.28. The maximum absolute atomic E-state index is 12.9. The van der Waals surface area contributed by atoms with Crippen molar-refractivity contribution in [3.05, 3.63) is 82.6 Å². The van der Waals surface area contributed by atoms with Crippen molar-refractivity contribution in [1.82, 2.24) is 10.3 Å². The molecule has 42 heavy (non-hydrogen) atoms. The number of hydrogen-bond donors (Lipinski definition) is 5. The number of phenols is 1. The molecule has 0 aliphatic carbocycles. The third kappa shape index (κ3) is 7.10. The van der Waals surface area contributed by atoms with Gasteiger partial charge in [0.25, 0.3) is 5.91 Å². The van der Waals surface area contributed by atoms with Gasteiger partial charge in [-0.1, -0.05) is 51.1 Å². The quantitative estimate of drug-likeness (QED) is 0.162. The molecule has 0 fully saturated rings. The van der Waals surface area contributed by atoms with Crippen LogP contribution < -0.4 is 16.0 Å². The van der Waals surface area contributed by atoms with Crippen molar-refractivity contribution >= 4 is 40.7 Å². The largest absolute Gasteiger partial charge is 0.507 e. The molecule has 2 aromatic carbocycles. The topological polar surface area (TPSA) is 164 Å². The number of carboxylic acid groups (broad SMARTS) is 1. The zero-order valence-corrected chi connectivity index (χ0v) is 24.0. The van der Waals surface area contributed by atoms with Crippen LogP contribution in [-0.4, -0.2) is 39.1 Å². The van der Waals surface area contributed by atoms with E-state index in [4.69, 9.17) is 0 Å². The van der Waals surface area contributed by atoms with Crippen LogP contribution in [0.15, 0.2) is 72.1 Å². The third-order valence-electron chi connectivity index (χ3n) is 6.48. The van der Waals surface area contributed by atoms with Gasteiger partial charge in [-0.25, -0.2) is 9.78 Å². The van der Waals surface area contributed by atoms with Gasteiger partial charge in [0, 0.05) is 29.3 Å². The molecule has 4 aromatic rings. The van der Waals surface area contributed by atoms with Gasteiger partial charge in [0.05, 0.1) is 10.6 Å². The Balaban J connectivity index is 1.73. The molecular formula is C31H29N5O5S. The van der Waals surface area contributed by atoms with Crippen molar-refractivity contribution in [2.45, 2.75) is 33.2 Å². The fourth-order valence-corrected chi connectivity index (χ4v) is 4.89. The van der Waals surface area contributed by atoms with Gasteiger partial charge in [-0.2, -0.15) is 5.26 Å². The first-order valence-electron chi connectivity index (χ1n) is 12.9. The summed E-state index contributed by atoms with van der Waals surface area (Å²) in [6, 6.07) is 19.9. The van der Waals surface area contributed by atoms with Crippen LogP contribution >= 0.6 is 11.3 Å². The van der Waals surface area contributed by atoms with Crippen molar-refractivity contribution in [2.75, 3.05) is 10.6 Å². The number of carbonyl (C=O) groups is 3. The standard InChI is InChI=1S/C31H29N5O5S/c1-31(2,3)26(35-30(40)41)16-27(38)33-19-9-6-8-18(14-19)21-15-23(20-10-4-5-11-24(20)37)34-28(22(21)17-32)36-29(39)25-12-7-13-42-25/h4-15,26,35,37H,16H2,1-3H3,(H,33,38)(H,40,41)(H,34,36,39). The summed E-state index contributed by atoms with van der Waals surface area (Å²) in [7, 11) is 0. The lowest BCUT2D eigenvalue weighted by molar-refractivity contribution is -0.117. The number of nitriles is 1. The normalized spacial score (nSPS) is 11.7. The maximum Gasteiger partial charge on any atom is 0.404 e. The Morgan fingerprint density at radius 2 is 1.76 bits per heavy atom. The van der Waals surface area contributed by atoms with Gasteiger partial charge < -0.3 is 26.2 Å². The van der Waals surface area contributed by atoms with Crippen molar-refractivity contribution < 1.29 is 24.6 Å². The van der Waals surface area contributed by atoms with Crippen molar-refractivity contribution in [1.29, 1.82) is 5.26 Å². The summed E-state index contributed by atoms with van der Waals surface area (Å²) in [5, 5.41) is 39.6. The number of anilines is 2. The summed E-state index contributed by atoms with van der Waals surface area (Å²) in [4.78, 5) is 42.0. The number of pyridine rings is 1. The number of rotatable bonds is 8. The number of aromatic nitrogens is 1. The summed E-state index contributed by atoms with van der Waals surface area (Å²) in [6.07, 6.45) is -1.30. The Kier molecular flexibility index (Phi) is 8.88. The smallest absolute Gasteiger partial charge is 0.404 e. The van der Waals surface area contributed by atoms with Crippen molar-refractivity contribution in [3.8, 4) is 34.2 Å². The molecule has 5 N–H and O–H groups in total. The lowest BCUT2D eigenvalue weighted by Crippen LogP contribution is -2.45. The highest BCUT2D eigenvalue weighted by Crippen LogP contribution is 2.36. The number of phenolic OH excluding ortho intramolecular Hbond substituents is 1. The van der Waals surface area contributed by atoms with E-state index in [0.29, 0.717) is 32.9 Å². The molecule has 11 heteroatoms. The van der Waals surface area contributed by atoms with Crippen molar-refractivity contribution in [2.24, 2.45) is 5.41 Å². The van der Waals surface area contributed by atoms with Crippen molar-refractivity contribution in [3.63, 3.8) is 0 Å². The number of thiophene rings is 1. The van der Waals surface area contributed by atoms with Crippen LogP contribution in [0.4, 0.5) is 16.3 Å². The third-order valence-corrected chi connectivity index (χ3v) is 7.35. The molecule has 0 saturated carbocycles. The van der Waals surface area contributed by atoms with Crippen LogP contribution in [0.3, 0.4) is 0 Å². The maximum atomic E-state index is 12.9. The number of benzene rings is 2. The molecule has 0 spiro atoms. The molecular weight excluding hydrogens is 554 g/mol. The molecule has 0 radical (unpaired) electrons. The molecule has 0 aliphatic heterocycles. The van der Waals surface area contributed by atoms with E-state index in [9.17, 15) is 29.9 Å². The number of carbonyl (C=O) groups excluding carboxylic acids is 2. The predicted molar refractivity (Wildman–Crippen MR) is 161 cm³/mol. The summed E-state index contributed by atoms with van der Waals surface area (Å²) >= 11 is 1.24. The van der Waals surface area contributed by atoms with E-state index in [2.05, 4.69) is 27.0 Å². The Labute approximate surface area is 246 Å². The van der Waals surface area contributed by atoms with E-state index in [-0.39, 0.29) is 23.6 Å². The van der Waals surface area contributed by atoms with E-state index in [1.54, 1.807) is 66.0 Å². The monoisotopic (exact) mass is 583 g/mol. The molecule has 2 aromatic heterocycles. The number of nitrogens with one attached hydrogen (secondary N) is 3. The Morgan fingerprint density at radius 1 is 1.00 bits per heavy atom. The zero-order valence-electron chi connectivity index (χ0n) is 23.1. The second kappa shape index (κ2) is 12.5.